The quantitative estimate of drug-likeness (QED) is 0.819. The number of carbonyl (C=O) groups excluding carboxylic acids is 1. The number of hydrogen-bond acceptors (Lipinski definition) is 2. The molecule has 15 heavy (non-hydrogen) atoms. The molecule has 0 aliphatic heterocycles. The third-order valence-electron chi connectivity index (χ3n) is 2.01. The molecule has 82 valence electrons. The highest BCUT2D eigenvalue weighted by Crippen LogP contribution is 2.00. The number of nitrogens with zero attached hydrogens (tertiary/aromatic N) is 1. The van der Waals surface area contributed by atoms with Gasteiger partial charge in [0.2, 0.25) is 5.91 Å². The van der Waals surface area contributed by atoms with Crippen LogP contribution in [-0.4, -0.2) is 10.9 Å². The van der Waals surface area contributed by atoms with Gasteiger partial charge in [0.25, 0.3) is 0 Å². The number of carbonyl (C=O) groups is 1. The van der Waals surface area contributed by atoms with E-state index in [1.807, 2.05) is 39.0 Å². The molecule has 0 bridgehead atoms. The first-order valence-corrected chi connectivity index (χ1v) is 5.27. The van der Waals surface area contributed by atoms with Gasteiger partial charge in [0, 0.05) is 12.1 Å². The monoisotopic (exact) mass is 206 g/mol. The molecule has 0 aromatic carbocycles. The van der Waals surface area contributed by atoms with Gasteiger partial charge in [-0.25, -0.2) is 0 Å². The van der Waals surface area contributed by atoms with Gasteiger partial charge in [-0.05, 0) is 25.0 Å². The normalized spacial score (nSPS) is 10.4. The van der Waals surface area contributed by atoms with Crippen LogP contribution in [-0.2, 0) is 11.3 Å². The van der Waals surface area contributed by atoms with Gasteiger partial charge < -0.3 is 5.32 Å². The summed E-state index contributed by atoms with van der Waals surface area (Å²) in [4.78, 5) is 15.7. The zero-order valence-corrected chi connectivity index (χ0v) is 9.58. The molecule has 1 aromatic heterocycles. The van der Waals surface area contributed by atoms with E-state index < -0.39 is 0 Å². The largest absolute Gasteiger partial charge is 0.350 e. The van der Waals surface area contributed by atoms with E-state index >= 15 is 0 Å². The molecule has 0 fully saturated rings. The summed E-state index contributed by atoms with van der Waals surface area (Å²) < 4.78 is 0. The minimum Gasteiger partial charge on any atom is -0.350 e. The topological polar surface area (TPSA) is 42.0 Å². The molecule has 1 heterocycles. The lowest BCUT2D eigenvalue weighted by Crippen LogP contribution is -2.24. The molecule has 0 unspecified atom stereocenters. The highest BCUT2D eigenvalue weighted by atomic mass is 16.1. The van der Waals surface area contributed by atoms with Crippen molar-refractivity contribution in [2.24, 2.45) is 5.92 Å². The van der Waals surface area contributed by atoms with Crippen LogP contribution in [0.3, 0.4) is 0 Å². The lowest BCUT2D eigenvalue weighted by Gasteiger charge is -2.06. The molecule has 1 rings (SSSR count). The fraction of sp³-hybridized carbons (Fsp3) is 0.500. The van der Waals surface area contributed by atoms with E-state index in [-0.39, 0.29) is 5.91 Å². The van der Waals surface area contributed by atoms with E-state index in [1.54, 1.807) is 0 Å². The van der Waals surface area contributed by atoms with E-state index in [0.717, 1.165) is 11.4 Å². The fourth-order valence-electron chi connectivity index (χ4n) is 1.33. The SMILES string of the molecule is Cc1cccc(CNC(=O)CC(C)C)n1. The van der Waals surface area contributed by atoms with Crippen molar-refractivity contribution in [2.75, 3.05) is 0 Å². The van der Waals surface area contributed by atoms with Crippen LogP contribution < -0.4 is 5.32 Å². The van der Waals surface area contributed by atoms with Gasteiger partial charge in [0.15, 0.2) is 0 Å². The number of pyridine rings is 1. The molecule has 0 saturated heterocycles. The molecule has 3 nitrogen and oxygen atoms in total. The van der Waals surface area contributed by atoms with Crippen LogP contribution in [0.5, 0.6) is 0 Å². The predicted molar refractivity (Wildman–Crippen MR) is 60.3 cm³/mol. The molecule has 1 amide bonds. The Morgan fingerprint density at radius 1 is 1.47 bits per heavy atom. The zero-order chi connectivity index (χ0) is 11.3. The van der Waals surface area contributed by atoms with Crippen LogP contribution in [0.25, 0.3) is 0 Å². The maximum atomic E-state index is 11.4. The standard InChI is InChI=1S/C12H18N2O/c1-9(2)7-12(15)13-8-11-6-4-5-10(3)14-11/h4-6,9H,7-8H2,1-3H3,(H,13,15). The third kappa shape index (κ3) is 4.58. The highest BCUT2D eigenvalue weighted by Gasteiger charge is 2.04. The summed E-state index contributed by atoms with van der Waals surface area (Å²) in [6.07, 6.45) is 0.575. The van der Waals surface area contributed by atoms with Crippen molar-refractivity contribution in [1.82, 2.24) is 10.3 Å². The number of aromatic nitrogens is 1. The minimum absolute atomic E-state index is 0.0910. The lowest BCUT2D eigenvalue weighted by molar-refractivity contribution is -0.121. The second-order valence-electron chi connectivity index (χ2n) is 4.15. The van der Waals surface area contributed by atoms with E-state index in [0.29, 0.717) is 18.9 Å². The molecule has 1 N–H and O–H groups in total. The fourth-order valence-corrected chi connectivity index (χ4v) is 1.33. The number of rotatable bonds is 4. The summed E-state index contributed by atoms with van der Waals surface area (Å²) in [5.41, 5.74) is 1.89. The first kappa shape index (κ1) is 11.7. The van der Waals surface area contributed by atoms with E-state index in [2.05, 4.69) is 10.3 Å². The smallest absolute Gasteiger partial charge is 0.220 e. The summed E-state index contributed by atoms with van der Waals surface area (Å²) in [6.45, 7) is 6.53. The van der Waals surface area contributed by atoms with Gasteiger partial charge in [-0.1, -0.05) is 19.9 Å². The Kier molecular flexibility index (Phi) is 4.28. The van der Waals surface area contributed by atoms with Crippen molar-refractivity contribution in [3.8, 4) is 0 Å². The third-order valence-corrected chi connectivity index (χ3v) is 2.01. The molecule has 0 aliphatic carbocycles. The van der Waals surface area contributed by atoms with Gasteiger partial charge in [0.1, 0.15) is 0 Å². The number of amides is 1. The summed E-state index contributed by atoms with van der Waals surface area (Å²) >= 11 is 0. The average molecular weight is 206 g/mol. The summed E-state index contributed by atoms with van der Waals surface area (Å²) in [6, 6.07) is 5.81. The van der Waals surface area contributed by atoms with Crippen LogP contribution in [0.1, 0.15) is 31.7 Å². The maximum absolute atomic E-state index is 11.4. The number of nitrogens with one attached hydrogen (secondary N) is 1. The van der Waals surface area contributed by atoms with Crippen LogP contribution in [0, 0.1) is 12.8 Å². The summed E-state index contributed by atoms with van der Waals surface area (Å²) in [7, 11) is 0. The van der Waals surface area contributed by atoms with Crippen LogP contribution in [0.4, 0.5) is 0 Å². The predicted octanol–water partition coefficient (Wildman–Crippen LogP) is 2.05. The van der Waals surface area contributed by atoms with Crippen LogP contribution >= 0.6 is 0 Å². The Morgan fingerprint density at radius 3 is 2.80 bits per heavy atom. The second kappa shape index (κ2) is 5.49. The van der Waals surface area contributed by atoms with E-state index in [4.69, 9.17) is 0 Å². The van der Waals surface area contributed by atoms with E-state index in [1.165, 1.54) is 0 Å². The first-order chi connectivity index (χ1) is 7.08. The molecule has 3 heteroatoms. The molecular formula is C12H18N2O. The van der Waals surface area contributed by atoms with Gasteiger partial charge in [-0.2, -0.15) is 0 Å². The average Bonchev–Trinajstić information content (AvgIpc) is 2.14. The molecule has 0 aliphatic rings. The van der Waals surface area contributed by atoms with Crippen LogP contribution in [0.15, 0.2) is 18.2 Å². The molecule has 0 atom stereocenters. The van der Waals surface area contributed by atoms with Crippen molar-refractivity contribution >= 4 is 5.91 Å². The molecular weight excluding hydrogens is 188 g/mol. The molecule has 0 spiro atoms. The molecule has 1 aromatic rings. The lowest BCUT2D eigenvalue weighted by atomic mass is 10.1. The summed E-state index contributed by atoms with van der Waals surface area (Å²) in [5.74, 6) is 0.490. The Hall–Kier alpha value is -1.38. The van der Waals surface area contributed by atoms with Crippen molar-refractivity contribution < 1.29 is 4.79 Å². The van der Waals surface area contributed by atoms with Crippen molar-refractivity contribution in [2.45, 2.75) is 33.7 Å². The zero-order valence-electron chi connectivity index (χ0n) is 9.58. The number of aryl methyl sites for hydroxylation is 1. The van der Waals surface area contributed by atoms with Gasteiger partial charge in [-0.3, -0.25) is 9.78 Å². The van der Waals surface area contributed by atoms with Crippen LogP contribution in [0.2, 0.25) is 0 Å². The van der Waals surface area contributed by atoms with Crippen molar-refractivity contribution in [1.29, 1.82) is 0 Å². The summed E-state index contributed by atoms with van der Waals surface area (Å²) in [5, 5.41) is 2.86. The van der Waals surface area contributed by atoms with Crippen molar-refractivity contribution in [3.05, 3.63) is 29.6 Å². The van der Waals surface area contributed by atoms with Gasteiger partial charge >= 0.3 is 0 Å². The molecule has 0 saturated carbocycles. The Labute approximate surface area is 90.9 Å². The Balaban J connectivity index is 2.40. The number of hydrogen-bond donors (Lipinski definition) is 1. The Bertz CT molecular complexity index is 334. The first-order valence-electron chi connectivity index (χ1n) is 5.27. The second-order valence-corrected chi connectivity index (χ2v) is 4.15. The van der Waals surface area contributed by atoms with E-state index in [9.17, 15) is 4.79 Å². The van der Waals surface area contributed by atoms with Gasteiger partial charge in [0.05, 0.1) is 12.2 Å². The molecule has 0 radical (unpaired) electrons. The Morgan fingerprint density at radius 2 is 2.20 bits per heavy atom. The van der Waals surface area contributed by atoms with Gasteiger partial charge in [-0.15, -0.1) is 0 Å². The maximum Gasteiger partial charge on any atom is 0.220 e. The minimum atomic E-state index is 0.0910. The van der Waals surface area contributed by atoms with Crippen molar-refractivity contribution in [3.63, 3.8) is 0 Å². The highest BCUT2D eigenvalue weighted by molar-refractivity contribution is 5.75.